The number of hydrogen-bond acceptors (Lipinski definition) is 2. The van der Waals surface area contributed by atoms with Crippen molar-refractivity contribution in [2.45, 2.75) is 37.8 Å². The van der Waals surface area contributed by atoms with Crippen molar-refractivity contribution in [3.05, 3.63) is 35.4 Å². The third-order valence-electron chi connectivity index (χ3n) is 6.00. The molecule has 1 aromatic rings. The van der Waals surface area contributed by atoms with E-state index in [4.69, 9.17) is 12.2 Å². The van der Waals surface area contributed by atoms with Crippen molar-refractivity contribution in [1.82, 2.24) is 14.7 Å². The van der Waals surface area contributed by atoms with Gasteiger partial charge in [-0.15, -0.1) is 0 Å². The zero-order valence-electron chi connectivity index (χ0n) is 14.2. The number of rotatable bonds is 0. The van der Waals surface area contributed by atoms with E-state index in [1.165, 1.54) is 38.8 Å². The average Bonchev–Trinajstić information content (AvgIpc) is 2.58. The molecule has 4 heteroatoms. The normalized spacial score (nSPS) is 30.2. The van der Waals surface area contributed by atoms with Crippen LogP contribution in [0.5, 0.6) is 0 Å². The van der Waals surface area contributed by atoms with E-state index >= 15 is 0 Å². The van der Waals surface area contributed by atoms with E-state index < -0.39 is 0 Å². The highest BCUT2D eigenvalue weighted by Gasteiger charge is 2.43. The number of hydrogen-bond donors (Lipinski definition) is 0. The Morgan fingerprint density at radius 1 is 1.22 bits per heavy atom. The molecule has 4 rings (SSSR count). The van der Waals surface area contributed by atoms with Crippen LogP contribution in [0.3, 0.4) is 0 Å². The van der Waals surface area contributed by atoms with Crippen molar-refractivity contribution < 1.29 is 0 Å². The molecule has 0 aliphatic carbocycles. The summed E-state index contributed by atoms with van der Waals surface area (Å²) in [6.45, 7) is 3.60. The lowest BCUT2D eigenvalue weighted by Gasteiger charge is -2.53. The zero-order chi connectivity index (χ0) is 16.0. The molecule has 3 unspecified atom stereocenters. The molecule has 3 aliphatic rings. The van der Waals surface area contributed by atoms with Gasteiger partial charge in [0.1, 0.15) is 0 Å². The van der Waals surface area contributed by atoms with Crippen LogP contribution >= 0.6 is 12.2 Å². The molecule has 0 bridgehead atoms. The van der Waals surface area contributed by atoms with E-state index in [2.05, 4.69) is 53.1 Å². The molecule has 3 aliphatic heterocycles. The maximum absolute atomic E-state index is 5.73. The van der Waals surface area contributed by atoms with Crippen molar-refractivity contribution in [2.75, 3.05) is 33.7 Å². The third kappa shape index (κ3) is 2.66. The Morgan fingerprint density at radius 3 is 2.87 bits per heavy atom. The summed E-state index contributed by atoms with van der Waals surface area (Å²) in [5, 5.41) is 1.03. The van der Waals surface area contributed by atoms with Gasteiger partial charge >= 0.3 is 0 Å². The molecule has 1 aromatic carbocycles. The van der Waals surface area contributed by atoms with Crippen molar-refractivity contribution in [3.8, 4) is 0 Å². The molecule has 0 spiro atoms. The van der Waals surface area contributed by atoms with Crippen molar-refractivity contribution in [3.63, 3.8) is 0 Å². The van der Waals surface area contributed by atoms with Gasteiger partial charge in [-0.2, -0.15) is 0 Å². The first-order valence-electron chi connectivity index (χ1n) is 8.95. The second kappa shape index (κ2) is 6.06. The average molecular weight is 330 g/mol. The Balaban J connectivity index is 1.62. The van der Waals surface area contributed by atoms with Crippen LogP contribution in [0.4, 0.5) is 0 Å². The summed E-state index contributed by atoms with van der Waals surface area (Å²) in [7, 11) is 4.16. The SMILES string of the molecule is CN(C)C(=S)N1CCCC2CN3CCc4ccccc4C3CC21. The zero-order valence-corrected chi connectivity index (χ0v) is 15.1. The topological polar surface area (TPSA) is 9.72 Å². The minimum Gasteiger partial charge on any atom is -0.355 e. The van der Waals surface area contributed by atoms with Gasteiger partial charge < -0.3 is 9.80 Å². The van der Waals surface area contributed by atoms with Crippen LogP contribution in [0.25, 0.3) is 0 Å². The first-order chi connectivity index (χ1) is 11.1. The second-order valence-corrected chi connectivity index (χ2v) is 7.90. The molecule has 0 amide bonds. The van der Waals surface area contributed by atoms with Gasteiger partial charge in [-0.25, -0.2) is 0 Å². The van der Waals surface area contributed by atoms with E-state index in [1.54, 1.807) is 11.1 Å². The second-order valence-electron chi connectivity index (χ2n) is 7.54. The lowest BCUT2D eigenvalue weighted by molar-refractivity contribution is 0.0145. The Hall–Kier alpha value is -1.13. The molecule has 2 saturated heterocycles. The predicted molar refractivity (Wildman–Crippen MR) is 98.6 cm³/mol. The number of benzene rings is 1. The molecular weight excluding hydrogens is 302 g/mol. The summed E-state index contributed by atoms with van der Waals surface area (Å²) in [6, 6.07) is 10.3. The van der Waals surface area contributed by atoms with Crippen LogP contribution in [-0.2, 0) is 6.42 Å². The predicted octanol–water partition coefficient (Wildman–Crippen LogP) is 2.92. The molecule has 3 atom stereocenters. The Bertz CT molecular complexity index is 600. The lowest BCUT2D eigenvalue weighted by atomic mass is 9.77. The van der Waals surface area contributed by atoms with E-state index in [1.807, 2.05) is 0 Å². The molecule has 0 N–H and O–H groups in total. The standard InChI is InChI=1S/C19H27N3S/c1-20(2)19(23)22-10-5-7-15-13-21-11-9-14-6-3-4-8-16(14)18(21)12-17(15)22/h3-4,6,8,15,17-18H,5,7,9-13H2,1-2H3. The highest BCUT2D eigenvalue weighted by atomic mass is 32.1. The lowest BCUT2D eigenvalue weighted by Crippen LogP contribution is -2.58. The van der Waals surface area contributed by atoms with Crippen LogP contribution < -0.4 is 0 Å². The van der Waals surface area contributed by atoms with E-state index in [0.29, 0.717) is 12.1 Å². The molecular formula is C19H27N3S. The maximum Gasteiger partial charge on any atom is 0.171 e. The molecule has 3 nitrogen and oxygen atoms in total. The van der Waals surface area contributed by atoms with Crippen LogP contribution in [0.15, 0.2) is 24.3 Å². The van der Waals surface area contributed by atoms with E-state index in [-0.39, 0.29) is 0 Å². The molecule has 3 heterocycles. The minimum atomic E-state index is 0.590. The van der Waals surface area contributed by atoms with Crippen LogP contribution in [-0.4, -0.2) is 59.6 Å². The van der Waals surface area contributed by atoms with Crippen molar-refractivity contribution >= 4 is 17.3 Å². The summed E-state index contributed by atoms with van der Waals surface area (Å²) in [4.78, 5) is 7.38. The molecule has 23 heavy (non-hydrogen) atoms. The molecule has 2 fully saturated rings. The fourth-order valence-corrected chi connectivity index (χ4v) is 5.12. The number of piperidine rings is 2. The molecule has 0 saturated carbocycles. The fourth-order valence-electron chi connectivity index (χ4n) is 4.89. The Morgan fingerprint density at radius 2 is 2.04 bits per heavy atom. The van der Waals surface area contributed by atoms with Gasteiger partial charge in [-0.05, 0) is 54.9 Å². The molecule has 0 radical (unpaired) electrons. The number of nitrogens with zero attached hydrogens (tertiary/aromatic N) is 3. The van der Waals surface area contributed by atoms with Gasteiger partial charge in [0.15, 0.2) is 5.11 Å². The van der Waals surface area contributed by atoms with Gasteiger partial charge in [0, 0.05) is 45.8 Å². The van der Waals surface area contributed by atoms with Crippen LogP contribution in [0.1, 0.15) is 36.4 Å². The van der Waals surface area contributed by atoms with E-state index in [9.17, 15) is 0 Å². The minimum absolute atomic E-state index is 0.590. The first kappa shape index (κ1) is 15.4. The number of likely N-dealkylation sites (tertiary alicyclic amines) is 1. The Labute approximate surface area is 145 Å². The quantitative estimate of drug-likeness (QED) is 0.677. The molecule has 124 valence electrons. The summed E-state index contributed by atoms with van der Waals surface area (Å²) in [6.07, 6.45) is 5.09. The monoisotopic (exact) mass is 329 g/mol. The molecule has 0 aromatic heterocycles. The van der Waals surface area contributed by atoms with Crippen LogP contribution in [0, 0.1) is 5.92 Å². The van der Waals surface area contributed by atoms with Crippen molar-refractivity contribution in [2.24, 2.45) is 5.92 Å². The van der Waals surface area contributed by atoms with Gasteiger partial charge in [0.2, 0.25) is 0 Å². The highest BCUT2D eigenvalue weighted by molar-refractivity contribution is 7.80. The van der Waals surface area contributed by atoms with E-state index in [0.717, 1.165) is 17.6 Å². The Kier molecular flexibility index (Phi) is 4.06. The van der Waals surface area contributed by atoms with Gasteiger partial charge in [-0.3, -0.25) is 4.90 Å². The number of thiocarbonyl (C=S) groups is 1. The first-order valence-corrected chi connectivity index (χ1v) is 9.35. The van der Waals surface area contributed by atoms with Gasteiger partial charge in [0.05, 0.1) is 0 Å². The maximum atomic E-state index is 5.73. The largest absolute Gasteiger partial charge is 0.355 e. The fraction of sp³-hybridized carbons (Fsp3) is 0.632. The third-order valence-corrected chi connectivity index (χ3v) is 6.60. The van der Waals surface area contributed by atoms with Crippen LogP contribution in [0.2, 0.25) is 0 Å². The van der Waals surface area contributed by atoms with Gasteiger partial charge in [0.25, 0.3) is 0 Å². The highest BCUT2D eigenvalue weighted by Crippen LogP contribution is 2.42. The summed E-state index contributed by atoms with van der Waals surface area (Å²) < 4.78 is 0. The summed E-state index contributed by atoms with van der Waals surface area (Å²) in [5.41, 5.74) is 3.13. The van der Waals surface area contributed by atoms with Crippen molar-refractivity contribution in [1.29, 1.82) is 0 Å². The number of fused-ring (bicyclic) bond motifs is 4. The smallest absolute Gasteiger partial charge is 0.171 e. The van der Waals surface area contributed by atoms with Gasteiger partial charge in [-0.1, -0.05) is 24.3 Å². The summed E-state index contributed by atoms with van der Waals surface area (Å²) in [5.74, 6) is 0.781. The summed E-state index contributed by atoms with van der Waals surface area (Å²) >= 11 is 5.73.